The molecule has 0 unspecified atom stereocenters. The fraction of sp³-hybridized carbons (Fsp3) is 0.263. The van der Waals surface area contributed by atoms with Crippen LogP contribution in [0, 0.1) is 5.92 Å². The summed E-state index contributed by atoms with van der Waals surface area (Å²) < 4.78 is 32.4. The summed E-state index contributed by atoms with van der Waals surface area (Å²) in [6.07, 6.45) is 0. The first-order valence-corrected chi connectivity index (χ1v) is 11.3. The van der Waals surface area contributed by atoms with Crippen LogP contribution in [0.5, 0.6) is 0 Å². The van der Waals surface area contributed by atoms with Gasteiger partial charge in [-0.3, -0.25) is 9.59 Å². The van der Waals surface area contributed by atoms with Crippen LogP contribution in [0.15, 0.2) is 47.4 Å². The van der Waals surface area contributed by atoms with E-state index in [0.29, 0.717) is 15.7 Å². The van der Waals surface area contributed by atoms with Gasteiger partial charge in [-0.2, -0.15) is 4.72 Å². The molecule has 0 radical (unpaired) electrons. The number of nitrogens with one attached hydrogen (secondary N) is 2. The van der Waals surface area contributed by atoms with Gasteiger partial charge in [0.1, 0.15) is 6.04 Å². The van der Waals surface area contributed by atoms with E-state index in [0.717, 1.165) is 0 Å². The minimum atomic E-state index is -4.00. The van der Waals surface area contributed by atoms with Crippen LogP contribution in [0.2, 0.25) is 15.1 Å². The van der Waals surface area contributed by atoms with Gasteiger partial charge in [0.2, 0.25) is 10.0 Å². The minimum Gasteiger partial charge on any atom is -0.454 e. The molecule has 2 N–H and O–H groups in total. The molecule has 0 saturated heterocycles. The molecule has 30 heavy (non-hydrogen) atoms. The van der Waals surface area contributed by atoms with Crippen LogP contribution in [0.25, 0.3) is 0 Å². The zero-order chi connectivity index (χ0) is 22.5. The van der Waals surface area contributed by atoms with Gasteiger partial charge in [0.15, 0.2) is 6.61 Å². The van der Waals surface area contributed by atoms with Gasteiger partial charge < -0.3 is 10.1 Å². The maximum Gasteiger partial charge on any atom is 0.324 e. The van der Waals surface area contributed by atoms with Crippen molar-refractivity contribution < 1.29 is 22.7 Å². The molecule has 0 spiro atoms. The van der Waals surface area contributed by atoms with Gasteiger partial charge in [-0.25, -0.2) is 8.42 Å². The van der Waals surface area contributed by atoms with Crippen molar-refractivity contribution in [2.24, 2.45) is 5.92 Å². The van der Waals surface area contributed by atoms with E-state index in [9.17, 15) is 18.0 Å². The molecule has 11 heteroatoms. The number of rotatable bonds is 8. The number of carbonyl (C=O) groups excluding carboxylic acids is 2. The summed E-state index contributed by atoms with van der Waals surface area (Å²) in [6, 6.07) is 8.77. The van der Waals surface area contributed by atoms with Crippen molar-refractivity contribution >= 4 is 62.4 Å². The quantitative estimate of drug-likeness (QED) is 0.538. The predicted octanol–water partition coefficient (Wildman–Crippen LogP) is 4.13. The minimum absolute atomic E-state index is 0.0530. The lowest BCUT2D eigenvalue weighted by atomic mass is 10.1. The van der Waals surface area contributed by atoms with Crippen LogP contribution >= 0.6 is 34.8 Å². The largest absolute Gasteiger partial charge is 0.454 e. The monoisotopic (exact) mass is 492 g/mol. The Balaban J connectivity index is 2.00. The summed E-state index contributed by atoms with van der Waals surface area (Å²) in [5.74, 6) is -1.94. The number of sulfonamides is 1. The van der Waals surface area contributed by atoms with Crippen molar-refractivity contribution in [1.82, 2.24) is 4.72 Å². The molecule has 1 atom stereocenters. The predicted molar refractivity (Wildman–Crippen MR) is 116 cm³/mol. The number of carbonyl (C=O) groups is 2. The maximum atomic E-state index is 12.5. The standard InChI is InChI=1S/C19H19Cl3N2O5S/c1-11(2)18(24-30(27,28)14-6-3-12(20)4-7-14)19(26)29-10-17(25)23-13-5-8-15(21)16(22)9-13/h3-9,11,18,24H,10H2,1-2H3,(H,23,25)/t18-/m1/s1. The molecule has 2 aromatic rings. The number of esters is 1. The molecule has 7 nitrogen and oxygen atoms in total. The number of hydrogen-bond donors (Lipinski definition) is 2. The average Bonchev–Trinajstić information content (AvgIpc) is 2.67. The maximum absolute atomic E-state index is 12.5. The molecule has 0 bridgehead atoms. The number of ether oxygens (including phenoxy) is 1. The highest BCUT2D eigenvalue weighted by atomic mass is 35.5. The highest BCUT2D eigenvalue weighted by Gasteiger charge is 2.30. The van der Waals surface area contributed by atoms with E-state index in [2.05, 4.69) is 10.0 Å². The van der Waals surface area contributed by atoms with Crippen molar-refractivity contribution in [3.05, 3.63) is 57.5 Å². The van der Waals surface area contributed by atoms with E-state index >= 15 is 0 Å². The molecule has 162 valence electrons. The van der Waals surface area contributed by atoms with Gasteiger partial charge in [-0.05, 0) is 48.4 Å². The molecular weight excluding hydrogens is 475 g/mol. The molecule has 0 fully saturated rings. The second kappa shape index (κ2) is 10.5. The third kappa shape index (κ3) is 6.85. The molecule has 2 rings (SSSR count). The molecule has 1 amide bonds. The third-order valence-electron chi connectivity index (χ3n) is 3.88. The molecule has 0 aromatic heterocycles. The number of amides is 1. The summed E-state index contributed by atoms with van der Waals surface area (Å²) in [7, 11) is -4.00. The highest BCUT2D eigenvalue weighted by Crippen LogP contribution is 2.25. The van der Waals surface area contributed by atoms with E-state index in [1.807, 2.05) is 0 Å². The Kier molecular flexibility index (Phi) is 8.52. The lowest BCUT2D eigenvalue weighted by molar-refractivity contribution is -0.150. The third-order valence-corrected chi connectivity index (χ3v) is 6.32. The first kappa shape index (κ1) is 24.4. The number of hydrogen-bond acceptors (Lipinski definition) is 5. The summed E-state index contributed by atoms with van der Waals surface area (Å²) in [5.41, 5.74) is 0.370. The lowest BCUT2D eigenvalue weighted by Gasteiger charge is -2.20. The zero-order valence-corrected chi connectivity index (χ0v) is 19.1. The van der Waals surface area contributed by atoms with Crippen LogP contribution in [0.1, 0.15) is 13.8 Å². The van der Waals surface area contributed by atoms with Crippen molar-refractivity contribution in [1.29, 1.82) is 0 Å². The van der Waals surface area contributed by atoms with Gasteiger partial charge >= 0.3 is 5.97 Å². The molecular formula is C19H19Cl3N2O5S. The molecule has 0 aliphatic rings. The lowest BCUT2D eigenvalue weighted by Crippen LogP contribution is -2.45. The summed E-state index contributed by atoms with van der Waals surface area (Å²) in [4.78, 5) is 24.4. The first-order valence-electron chi connectivity index (χ1n) is 8.69. The fourth-order valence-corrected chi connectivity index (χ4v) is 4.06. The van der Waals surface area contributed by atoms with Crippen molar-refractivity contribution in [2.45, 2.75) is 24.8 Å². The fourth-order valence-electron chi connectivity index (χ4n) is 2.30. The number of halogens is 3. The van der Waals surface area contributed by atoms with Crippen LogP contribution in [0.3, 0.4) is 0 Å². The molecule has 0 heterocycles. The van der Waals surface area contributed by atoms with Gasteiger partial charge in [0.05, 0.1) is 14.9 Å². The van der Waals surface area contributed by atoms with Gasteiger partial charge in [-0.1, -0.05) is 48.7 Å². The van der Waals surface area contributed by atoms with E-state index in [4.69, 9.17) is 39.5 Å². The van der Waals surface area contributed by atoms with Crippen LogP contribution in [-0.2, 0) is 24.3 Å². The Bertz CT molecular complexity index is 1030. The van der Waals surface area contributed by atoms with E-state index < -0.39 is 40.5 Å². The smallest absolute Gasteiger partial charge is 0.324 e. The van der Waals surface area contributed by atoms with Crippen molar-refractivity contribution in [2.75, 3.05) is 11.9 Å². The summed E-state index contributed by atoms with van der Waals surface area (Å²) in [6.45, 7) is 2.68. The number of anilines is 1. The van der Waals surface area contributed by atoms with Crippen molar-refractivity contribution in [3.63, 3.8) is 0 Å². The summed E-state index contributed by atoms with van der Waals surface area (Å²) >= 11 is 17.5. The van der Waals surface area contributed by atoms with Gasteiger partial charge in [0.25, 0.3) is 5.91 Å². The normalized spacial score (nSPS) is 12.5. The molecule has 0 saturated carbocycles. The molecule has 0 aliphatic carbocycles. The second-order valence-electron chi connectivity index (χ2n) is 6.58. The van der Waals surface area contributed by atoms with E-state index in [1.54, 1.807) is 13.8 Å². The van der Waals surface area contributed by atoms with Crippen LogP contribution in [0.4, 0.5) is 5.69 Å². The topological polar surface area (TPSA) is 102 Å². The van der Waals surface area contributed by atoms with Gasteiger partial charge in [-0.15, -0.1) is 0 Å². The Labute approximate surface area is 189 Å². The molecule has 0 aliphatic heterocycles. The Morgan fingerprint density at radius 3 is 2.20 bits per heavy atom. The molecule has 2 aromatic carbocycles. The Hall–Kier alpha value is -1.84. The van der Waals surface area contributed by atoms with E-state index in [1.165, 1.54) is 42.5 Å². The SMILES string of the molecule is CC(C)[C@@H](NS(=O)(=O)c1ccc(Cl)cc1)C(=O)OCC(=O)Nc1ccc(Cl)c(Cl)c1. The highest BCUT2D eigenvalue weighted by molar-refractivity contribution is 7.89. The van der Waals surface area contributed by atoms with Crippen LogP contribution < -0.4 is 10.0 Å². The zero-order valence-electron chi connectivity index (χ0n) is 16.0. The summed E-state index contributed by atoms with van der Waals surface area (Å²) in [5, 5.41) is 3.46. The average molecular weight is 494 g/mol. The van der Waals surface area contributed by atoms with Crippen LogP contribution in [-0.4, -0.2) is 32.9 Å². The number of benzene rings is 2. The van der Waals surface area contributed by atoms with E-state index in [-0.39, 0.29) is 9.92 Å². The second-order valence-corrected chi connectivity index (χ2v) is 9.55. The Morgan fingerprint density at radius 2 is 1.63 bits per heavy atom. The van der Waals surface area contributed by atoms with Gasteiger partial charge in [0, 0.05) is 10.7 Å². The first-order chi connectivity index (χ1) is 14.0. The van der Waals surface area contributed by atoms with Crippen molar-refractivity contribution in [3.8, 4) is 0 Å². The Morgan fingerprint density at radius 1 is 1.00 bits per heavy atom.